The van der Waals surface area contributed by atoms with E-state index in [1.165, 1.54) is 0 Å². The maximum atomic E-state index is 12.2. The molecule has 5 heteroatoms. The van der Waals surface area contributed by atoms with Gasteiger partial charge in [-0.15, -0.1) is 0 Å². The lowest BCUT2D eigenvalue weighted by Gasteiger charge is -2.46. The summed E-state index contributed by atoms with van der Waals surface area (Å²) < 4.78 is 36.7. The van der Waals surface area contributed by atoms with Gasteiger partial charge in [0, 0.05) is 24.5 Å². The van der Waals surface area contributed by atoms with Crippen molar-refractivity contribution < 1.29 is 13.2 Å². The summed E-state index contributed by atoms with van der Waals surface area (Å²) in [5.74, 6) is 0. The largest absolute Gasteiger partial charge is 0.389 e. The fraction of sp³-hybridized carbons (Fsp3) is 1.00. The van der Waals surface area contributed by atoms with E-state index in [2.05, 4.69) is 32.6 Å². The third kappa shape index (κ3) is 6.13. The van der Waals surface area contributed by atoms with Gasteiger partial charge in [0.1, 0.15) is 0 Å². The normalized spacial score (nSPS) is 18.5. The molecule has 0 radical (unpaired) electrons. The van der Waals surface area contributed by atoms with Crippen molar-refractivity contribution >= 4 is 0 Å². The van der Waals surface area contributed by atoms with Gasteiger partial charge < -0.3 is 5.73 Å². The molecule has 0 saturated carbocycles. The summed E-state index contributed by atoms with van der Waals surface area (Å²) in [5, 5.41) is 0. The Hall–Kier alpha value is -0.290. The van der Waals surface area contributed by atoms with Crippen molar-refractivity contribution in [3.63, 3.8) is 0 Å². The number of rotatable bonds is 6. The molecule has 0 fully saturated rings. The van der Waals surface area contributed by atoms with Crippen LogP contribution in [0.3, 0.4) is 0 Å². The van der Waals surface area contributed by atoms with Crippen molar-refractivity contribution in [2.75, 3.05) is 13.6 Å². The molecule has 2 unspecified atom stereocenters. The van der Waals surface area contributed by atoms with E-state index in [0.717, 1.165) is 0 Å². The number of nitrogens with zero attached hydrogens (tertiary/aromatic N) is 1. The van der Waals surface area contributed by atoms with Gasteiger partial charge in [0.2, 0.25) is 0 Å². The second kappa shape index (κ2) is 6.44. The van der Waals surface area contributed by atoms with Crippen molar-refractivity contribution in [1.29, 1.82) is 0 Å². The number of hydrogen-bond acceptors (Lipinski definition) is 2. The predicted octanol–water partition coefficient (Wildman–Crippen LogP) is 3.80. The van der Waals surface area contributed by atoms with Crippen molar-refractivity contribution in [1.82, 2.24) is 4.90 Å². The Kier molecular flexibility index (Phi) is 6.34. The van der Waals surface area contributed by atoms with Gasteiger partial charge in [-0.2, -0.15) is 13.2 Å². The molecule has 2 atom stereocenters. The molecule has 0 bridgehead atoms. The molecule has 0 aliphatic heterocycles. The lowest BCUT2D eigenvalue weighted by molar-refractivity contribution is -0.137. The smallest absolute Gasteiger partial charge is 0.329 e. The third-order valence-electron chi connectivity index (χ3n) is 4.30. The summed E-state index contributed by atoms with van der Waals surface area (Å²) in [4.78, 5) is 2.13. The molecule has 2 N–H and O–H groups in total. The molecule has 0 aromatic rings. The Morgan fingerprint density at radius 3 is 1.84 bits per heavy atom. The summed E-state index contributed by atoms with van der Waals surface area (Å²) in [5.41, 5.74) is 5.49. The minimum absolute atomic E-state index is 0.0647. The zero-order valence-corrected chi connectivity index (χ0v) is 13.1. The van der Waals surface area contributed by atoms with Crippen molar-refractivity contribution in [3.8, 4) is 0 Å². The maximum Gasteiger partial charge on any atom is 0.389 e. The first-order chi connectivity index (χ1) is 8.33. The Labute approximate surface area is 115 Å². The molecule has 0 rings (SSSR count). The SMILES string of the molecule is CC(N(C)C(C)(CN)CCCC(F)(F)F)C(C)(C)C. The Balaban J connectivity index is 4.68. The van der Waals surface area contributed by atoms with Crippen LogP contribution in [0.15, 0.2) is 0 Å². The van der Waals surface area contributed by atoms with E-state index in [1.807, 2.05) is 14.0 Å². The molecule has 0 amide bonds. The number of likely N-dealkylation sites (N-methyl/N-ethyl adjacent to an activating group) is 1. The highest BCUT2D eigenvalue weighted by Gasteiger charge is 2.36. The van der Waals surface area contributed by atoms with Gasteiger partial charge in [-0.05, 0) is 39.2 Å². The standard InChI is InChI=1S/C14H29F3N2/c1-11(12(2,3)4)19(6)13(5,10-18)8-7-9-14(15,16)17/h11H,7-10,18H2,1-6H3. The molecule has 0 aliphatic rings. The number of alkyl halides is 3. The molecule has 0 saturated heterocycles. The third-order valence-corrected chi connectivity index (χ3v) is 4.30. The lowest BCUT2D eigenvalue weighted by Crippen LogP contribution is -2.56. The summed E-state index contributed by atoms with van der Waals surface area (Å²) >= 11 is 0. The van der Waals surface area contributed by atoms with Crippen LogP contribution in [0.4, 0.5) is 13.2 Å². The van der Waals surface area contributed by atoms with Crippen LogP contribution >= 0.6 is 0 Å². The number of halogens is 3. The van der Waals surface area contributed by atoms with E-state index in [1.54, 1.807) is 0 Å². The zero-order valence-electron chi connectivity index (χ0n) is 13.1. The second-order valence-electron chi connectivity index (χ2n) is 6.82. The van der Waals surface area contributed by atoms with Crippen LogP contribution in [-0.4, -0.2) is 36.2 Å². The number of nitrogens with two attached hydrogens (primary N) is 1. The molecule has 116 valence electrons. The van der Waals surface area contributed by atoms with Crippen molar-refractivity contribution in [2.45, 2.75) is 71.6 Å². The first kappa shape index (κ1) is 18.7. The molecule has 0 aromatic carbocycles. The highest BCUT2D eigenvalue weighted by molar-refractivity contribution is 4.91. The lowest BCUT2D eigenvalue weighted by atomic mass is 9.83. The van der Waals surface area contributed by atoms with Crippen LogP contribution in [-0.2, 0) is 0 Å². The predicted molar refractivity (Wildman–Crippen MR) is 74.0 cm³/mol. The van der Waals surface area contributed by atoms with E-state index in [-0.39, 0.29) is 17.9 Å². The van der Waals surface area contributed by atoms with Crippen molar-refractivity contribution in [2.24, 2.45) is 11.1 Å². The first-order valence-corrected chi connectivity index (χ1v) is 6.83. The van der Waals surface area contributed by atoms with Crippen LogP contribution in [0.1, 0.15) is 53.9 Å². The molecule has 0 spiro atoms. The van der Waals surface area contributed by atoms with E-state index in [9.17, 15) is 13.2 Å². The molecular formula is C14H29F3N2. The van der Waals surface area contributed by atoms with Gasteiger partial charge in [-0.25, -0.2) is 0 Å². The van der Waals surface area contributed by atoms with Gasteiger partial charge in [0.25, 0.3) is 0 Å². The monoisotopic (exact) mass is 282 g/mol. The first-order valence-electron chi connectivity index (χ1n) is 6.83. The maximum absolute atomic E-state index is 12.2. The summed E-state index contributed by atoms with van der Waals surface area (Å²) in [7, 11) is 1.95. The molecule has 2 nitrogen and oxygen atoms in total. The van der Waals surface area contributed by atoms with Crippen molar-refractivity contribution in [3.05, 3.63) is 0 Å². The quantitative estimate of drug-likeness (QED) is 0.803. The van der Waals surface area contributed by atoms with Crippen LogP contribution in [0.25, 0.3) is 0 Å². The van der Waals surface area contributed by atoms with E-state index in [4.69, 9.17) is 5.73 Å². The fourth-order valence-corrected chi connectivity index (χ4v) is 2.14. The van der Waals surface area contributed by atoms with Gasteiger partial charge in [-0.3, -0.25) is 4.90 Å². The van der Waals surface area contributed by atoms with Gasteiger partial charge in [0.15, 0.2) is 0 Å². The molecule has 0 aliphatic carbocycles. The van der Waals surface area contributed by atoms with Gasteiger partial charge >= 0.3 is 6.18 Å². The highest BCUT2D eigenvalue weighted by atomic mass is 19.4. The summed E-state index contributed by atoms with van der Waals surface area (Å²) in [6.45, 7) is 10.8. The summed E-state index contributed by atoms with van der Waals surface area (Å²) in [6, 6.07) is 0.243. The Morgan fingerprint density at radius 2 is 1.53 bits per heavy atom. The number of hydrogen-bond donors (Lipinski definition) is 1. The van der Waals surface area contributed by atoms with E-state index >= 15 is 0 Å². The molecule has 0 aromatic heterocycles. The van der Waals surface area contributed by atoms with Gasteiger partial charge in [-0.1, -0.05) is 20.8 Å². The van der Waals surface area contributed by atoms with Crippen LogP contribution < -0.4 is 5.73 Å². The van der Waals surface area contributed by atoms with Crippen LogP contribution in [0, 0.1) is 5.41 Å². The second-order valence-corrected chi connectivity index (χ2v) is 6.82. The molecule has 0 heterocycles. The van der Waals surface area contributed by atoms with E-state index in [0.29, 0.717) is 13.0 Å². The molecule has 19 heavy (non-hydrogen) atoms. The highest BCUT2D eigenvalue weighted by Crippen LogP contribution is 2.32. The minimum atomic E-state index is -4.08. The Morgan fingerprint density at radius 1 is 1.05 bits per heavy atom. The summed E-state index contributed by atoms with van der Waals surface area (Å²) in [6.07, 6.45) is -4.23. The minimum Gasteiger partial charge on any atom is -0.329 e. The average Bonchev–Trinajstić information content (AvgIpc) is 2.23. The van der Waals surface area contributed by atoms with Crippen LogP contribution in [0.2, 0.25) is 0 Å². The zero-order chi connectivity index (χ0) is 15.5. The average molecular weight is 282 g/mol. The van der Waals surface area contributed by atoms with Gasteiger partial charge in [0.05, 0.1) is 0 Å². The molecular weight excluding hydrogens is 253 g/mol. The Bertz CT molecular complexity index is 271. The fourth-order valence-electron chi connectivity index (χ4n) is 2.14. The topological polar surface area (TPSA) is 29.3 Å². The van der Waals surface area contributed by atoms with Crippen LogP contribution in [0.5, 0.6) is 0 Å². The van der Waals surface area contributed by atoms with E-state index < -0.39 is 18.1 Å².